The first kappa shape index (κ1) is 10.8. The molecule has 3 rings (SSSR count). The SMILES string of the molecule is Nc1ccncc1C(=O)C1Cc2ccccc2O1. The second-order valence-electron chi connectivity index (χ2n) is 4.25. The first-order valence-electron chi connectivity index (χ1n) is 5.74. The largest absolute Gasteiger partial charge is 0.482 e. The fourth-order valence-electron chi connectivity index (χ4n) is 2.11. The van der Waals surface area contributed by atoms with E-state index in [0.29, 0.717) is 17.7 Å². The molecule has 4 nitrogen and oxygen atoms in total. The van der Waals surface area contributed by atoms with Gasteiger partial charge in [-0.3, -0.25) is 9.78 Å². The molecule has 1 atom stereocenters. The Kier molecular flexibility index (Phi) is 2.48. The van der Waals surface area contributed by atoms with Gasteiger partial charge in [-0.15, -0.1) is 0 Å². The van der Waals surface area contributed by atoms with E-state index in [9.17, 15) is 4.79 Å². The summed E-state index contributed by atoms with van der Waals surface area (Å²) in [6.45, 7) is 0. The molecule has 0 aliphatic carbocycles. The number of nitrogen functional groups attached to an aromatic ring is 1. The maximum Gasteiger partial charge on any atom is 0.207 e. The zero-order valence-corrected chi connectivity index (χ0v) is 9.67. The molecule has 1 aromatic heterocycles. The van der Waals surface area contributed by atoms with E-state index < -0.39 is 6.10 Å². The zero-order valence-electron chi connectivity index (χ0n) is 9.67. The van der Waals surface area contributed by atoms with Crippen LogP contribution in [-0.4, -0.2) is 16.9 Å². The van der Waals surface area contributed by atoms with Crippen molar-refractivity contribution in [2.24, 2.45) is 0 Å². The van der Waals surface area contributed by atoms with Crippen LogP contribution in [0.25, 0.3) is 0 Å². The number of anilines is 1. The molecule has 1 aliphatic heterocycles. The van der Waals surface area contributed by atoms with Crippen molar-refractivity contribution in [1.82, 2.24) is 4.98 Å². The first-order valence-corrected chi connectivity index (χ1v) is 5.74. The van der Waals surface area contributed by atoms with E-state index in [1.807, 2.05) is 24.3 Å². The number of nitrogens with zero attached hydrogens (tertiary/aromatic N) is 1. The lowest BCUT2D eigenvalue weighted by Crippen LogP contribution is -2.26. The van der Waals surface area contributed by atoms with Crippen molar-refractivity contribution >= 4 is 11.5 Å². The van der Waals surface area contributed by atoms with E-state index in [-0.39, 0.29) is 5.78 Å². The lowest BCUT2D eigenvalue weighted by molar-refractivity contribution is 0.0825. The van der Waals surface area contributed by atoms with Gasteiger partial charge in [-0.2, -0.15) is 0 Å². The normalized spacial score (nSPS) is 17.0. The molecule has 2 heterocycles. The summed E-state index contributed by atoms with van der Waals surface area (Å²) in [5.74, 6) is 0.662. The van der Waals surface area contributed by atoms with Crippen molar-refractivity contribution in [3.63, 3.8) is 0 Å². The number of aromatic nitrogens is 1. The monoisotopic (exact) mass is 240 g/mol. The minimum Gasteiger partial charge on any atom is -0.482 e. The lowest BCUT2D eigenvalue weighted by atomic mass is 10.0. The number of fused-ring (bicyclic) bond motifs is 1. The predicted molar refractivity (Wildman–Crippen MR) is 67.5 cm³/mol. The number of benzene rings is 1. The predicted octanol–water partition coefficient (Wildman–Crippen LogP) is 1.85. The van der Waals surface area contributed by atoms with Gasteiger partial charge in [-0.05, 0) is 17.7 Å². The minimum atomic E-state index is -0.492. The van der Waals surface area contributed by atoms with Gasteiger partial charge < -0.3 is 10.5 Å². The Morgan fingerprint density at radius 3 is 2.94 bits per heavy atom. The van der Waals surface area contributed by atoms with Gasteiger partial charge in [0.2, 0.25) is 5.78 Å². The van der Waals surface area contributed by atoms with Crippen molar-refractivity contribution < 1.29 is 9.53 Å². The molecule has 1 unspecified atom stereocenters. The summed E-state index contributed by atoms with van der Waals surface area (Å²) in [4.78, 5) is 16.2. The Hall–Kier alpha value is -2.36. The standard InChI is InChI=1S/C14H12N2O2/c15-11-5-6-16-8-10(11)14(17)13-7-9-3-1-2-4-12(9)18-13/h1-6,8,13H,7H2,(H2,15,16). The number of rotatable bonds is 2. The molecule has 0 fully saturated rings. The molecule has 0 saturated heterocycles. The first-order chi connectivity index (χ1) is 8.75. The van der Waals surface area contributed by atoms with Crippen LogP contribution in [-0.2, 0) is 6.42 Å². The van der Waals surface area contributed by atoms with E-state index in [0.717, 1.165) is 11.3 Å². The number of carbonyl (C=O) groups is 1. The second kappa shape index (κ2) is 4.14. The smallest absolute Gasteiger partial charge is 0.207 e. The summed E-state index contributed by atoms with van der Waals surface area (Å²) in [5.41, 5.74) is 7.70. The number of Topliss-reactive ketones (excluding diaryl/α,β-unsaturated/α-hetero) is 1. The number of para-hydroxylation sites is 1. The summed E-state index contributed by atoms with van der Waals surface area (Å²) >= 11 is 0. The van der Waals surface area contributed by atoms with Crippen LogP contribution in [0.5, 0.6) is 5.75 Å². The van der Waals surface area contributed by atoms with Gasteiger partial charge in [0.1, 0.15) is 5.75 Å². The molecular weight excluding hydrogens is 228 g/mol. The summed E-state index contributed by atoms with van der Waals surface area (Å²) in [6, 6.07) is 9.29. The number of ether oxygens (including phenoxy) is 1. The third-order valence-electron chi connectivity index (χ3n) is 3.06. The lowest BCUT2D eigenvalue weighted by Gasteiger charge is -2.10. The Morgan fingerprint density at radius 1 is 1.33 bits per heavy atom. The highest BCUT2D eigenvalue weighted by Crippen LogP contribution is 2.30. The Balaban J connectivity index is 1.87. The molecule has 0 radical (unpaired) electrons. The van der Waals surface area contributed by atoms with Crippen molar-refractivity contribution in [3.05, 3.63) is 53.9 Å². The molecule has 18 heavy (non-hydrogen) atoms. The van der Waals surface area contributed by atoms with Crippen LogP contribution >= 0.6 is 0 Å². The summed E-state index contributed by atoms with van der Waals surface area (Å²) in [5, 5.41) is 0. The third kappa shape index (κ3) is 1.72. The highest BCUT2D eigenvalue weighted by Gasteiger charge is 2.30. The third-order valence-corrected chi connectivity index (χ3v) is 3.06. The van der Waals surface area contributed by atoms with Gasteiger partial charge in [0.25, 0.3) is 0 Å². The number of ketones is 1. The van der Waals surface area contributed by atoms with Crippen LogP contribution < -0.4 is 10.5 Å². The Bertz CT molecular complexity index is 585. The summed E-state index contributed by atoms with van der Waals surface area (Å²) in [6.07, 6.45) is 3.15. The fraction of sp³-hybridized carbons (Fsp3) is 0.143. The van der Waals surface area contributed by atoms with Crippen molar-refractivity contribution in [3.8, 4) is 5.75 Å². The van der Waals surface area contributed by atoms with Gasteiger partial charge >= 0.3 is 0 Å². The average Bonchev–Trinajstić information content (AvgIpc) is 2.82. The number of carbonyl (C=O) groups excluding carboxylic acids is 1. The number of pyridine rings is 1. The second-order valence-corrected chi connectivity index (χ2v) is 4.25. The van der Waals surface area contributed by atoms with Crippen LogP contribution in [0.15, 0.2) is 42.7 Å². The van der Waals surface area contributed by atoms with Crippen LogP contribution in [0.1, 0.15) is 15.9 Å². The molecule has 1 aromatic carbocycles. The van der Waals surface area contributed by atoms with Crippen LogP contribution in [0.4, 0.5) is 5.69 Å². The molecule has 0 spiro atoms. The average molecular weight is 240 g/mol. The van der Waals surface area contributed by atoms with Crippen molar-refractivity contribution in [2.75, 3.05) is 5.73 Å². The van der Waals surface area contributed by atoms with Crippen LogP contribution in [0, 0.1) is 0 Å². The van der Waals surface area contributed by atoms with Crippen molar-refractivity contribution in [1.29, 1.82) is 0 Å². The molecule has 2 N–H and O–H groups in total. The number of nitrogens with two attached hydrogens (primary N) is 1. The van der Waals surface area contributed by atoms with Crippen LogP contribution in [0.3, 0.4) is 0 Å². The van der Waals surface area contributed by atoms with Gasteiger partial charge in [-0.1, -0.05) is 18.2 Å². The Labute approximate surface area is 104 Å². The molecular formula is C14H12N2O2. The molecule has 4 heteroatoms. The van der Waals surface area contributed by atoms with E-state index in [4.69, 9.17) is 10.5 Å². The maximum atomic E-state index is 12.3. The zero-order chi connectivity index (χ0) is 12.5. The van der Waals surface area contributed by atoms with E-state index in [2.05, 4.69) is 4.98 Å². The van der Waals surface area contributed by atoms with E-state index >= 15 is 0 Å². The van der Waals surface area contributed by atoms with Gasteiger partial charge in [0.05, 0.1) is 5.56 Å². The molecule has 0 saturated carbocycles. The quantitative estimate of drug-likeness (QED) is 0.813. The van der Waals surface area contributed by atoms with E-state index in [1.54, 1.807) is 12.3 Å². The topological polar surface area (TPSA) is 65.2 Å². The van der Waals surface area contributed by atoms with Gasteiger partial charge in [0.15, 0.2) is 6.10 Å². The van der Waals surface area contributed by atoms with Crippen LogP contribution in [0.2, 0.25) is 0 Å². The highest BCUT2D eigenvalue weighted by atomic mass is 16.5. The maximum absolute atomic E-state index is 12.3. The van der Waals surface area contributed by atoms with E-state index in [1.165, 1.54) is 6.20 Å². The Morgan fingerprint density at radius 2 is 2.17 bits per heavy atom. The number of hydrogen-bond acceptors (Lipinski definition) is 4. The summed E-state index contributed by atoms with van der Waals surface area (Å²) < 4.78 is 5.65. The van der Waals surface area contributed by atoms with Gasteiger partial charge in [-0.25, -0.2) is 0 Å². The van der Waals surface area contributed by atoms with Gasteiger partial charge in [0, 0.05) is 24.5 Å². The summed E-state index contributed by atoms with van der Waals surface area (Å²) in [7, 11) is 0. The van der Waals surface area contributed by atoms with Crippen molar-refractivity contribution in [2.45, 2.75) is 12.5 Å². The molecule has 2 aromatic rings. The molecule has 0 bridgehead atoms. The molecule has 1 aliphatic rings. The molecule has 90 valence electrons. The highest BCUT2D eigenvalue weighted by molar-refractivity contribution is 6.04. The minimum absolute atomic E-state index is 0.114. The number of hydrogen-bond donors (Lipinski definition) is 1. The fourth-order valence-corrected chi connectivity index (χ4v) is 2.11. The molecule has 0 amide bonds.